The van der Waals surface area contributed by atoms with Gasteiger partial charge in [-0.2, -0.15) is 0 Å². The Morgan fingerprint density at radius 3 is 2.37 bits per heavy atom. The smallest absolute Gasteiger partial charge is 0.307 e. The van der Waals surface area contributed by atoms with Crippen molar-refractivity contribution in [2.75, 3.05) is 24.5 Å². The van der Waals surface area contributed by atoms with E-state index in [2.05, 4.69) is 24.1 Å². The van der Waals surface area contributed by atoms with Crippen LogP contribution in [0.5, 0.6) is 0 Å². The van der Waals surface area contributed by atoms with Gasteiger partial charge >= 0.3 is 5.97 Å². The fourth-order valence-corrected chi connectivity index (χ4v) is 2.94. The van der Waals surface area contributed by atoms with E-state index in [4.69, 9.17) is 4.74 Å². The zero-order chi connectivity index (χ0) is 19.6. The predicted molar refractivity (Wildman–Crippen MR) is 108 cm³/mol. The van der Waals surface area contributed by atoms with Gasteiger partial charge < -0.3 is 15.0 Å². The number of anilines is 1. The summed E-state index contributed by atoms with van der Waals surface area (Å²) in [7, 11) is 0. The minimum atomic E-state index is -0.325. The number of rotatable bonds is 9. The van der Waals surface area contributed by atoms with Gasteiger partial charge in [0.2, 0.25) is 0 Å². The Labute approximate surface area is 161 Å². The van der Waals surface area contributed by atoms with Gasteiger partial charge in [-0.15, -0.1) is 0 Å². The summed E-state index contributed by atoms with van der Waals surface area (Å²) in [4.78, 5) is 26.4. The summed E-state index contributed by atoms with van der Waals surface area (Å²) in [5.41, 5.74) is 3.60. The Kier molecular flexibility index (Phi) is 7.86. The SMILES string of the molecule is CCN(CC)c1ccccc1COC(=O)CCNC(=O)c1ccccc1C. The largest absolute Gasteiger partial charge is 0.461 e. The molecule has 0 atom stereocenters. The molecule has 144 valence electrons. The maximum Gasteiger partial charge on any atom is 0.307 e. The first-order valence-electron chi connectivity index (χ1n) is 9.39. The van der Waals surface area contributed by atoms with Crippen LogP contribution >= 0.6 is 0 Å². The molecule has 0 spiro atoms. The lowest BCUT2D eigenvalue weighted by Gasteiger charge is -2.24. The zero-order valence-corrected chi connectivity index (χ0v) is 16.3. The molecule has 2 rings (SSSR count). The topological polar surface area (TPSA) is 58.6 Å². The molecule has 0 radical (unpaired) electrons. The van der Waals surface area contributed by atoms with Crippen molar-refractivity contribution < 1.29 is 14.3 Å². The van der Waals surface area contributed by atoms with Gasteiger partial charge in [-0.1, -0.05) is 36.4 Å². The fourth-order valence-electron chi connectivity index (χ4n) is 2.94. The third kappa shape index (κ3) is 5.84. The molecule has 0 saturated heterocycles. The Morgan fingerprint density at radius 1 is 1.00 bits per heavy atom. The van der Waals surface area contributed by atoms with E-state index in [0.29, 0.717) is 5.56 Å². The van der Waals surface area contributed by atoms with Crippen LogP contribution in [0.3, 0.4) is 0 Å². The van der Waals surface area contributed by atoms with Crippen LogP contribution in [0.15, 0.2) is 48.5 Å². The molecule has 0 unspecified atom stereocenters. The van der Waals surface area contributed by atoms with E-state index in [0.717, 1.165) is 29.9 Å². The van der Waals surface area contributed by atoms with Crippen molar-refractivity contribution in [3.8, 4) is 0 Å². The molecule has 5 nitrogen and oxygen atoms in total. The van der Waals surface area contributed by atoms with Crippen molar-refractivity contribution in [3.05, 3.63) is 65.2 Å². The van der Waals surface area contributed by atoms with E-state index < -0.39 is 0 Å². The molecule has 1 amide bonds. The number of benzene rings is 2. The minimum Gasteiger partial charge on any atom is -0.461 e. The second kappa shape index (κ2) is 10.4. The fraction of sp³-hybridized carbons (Fsp3) is 0.364. The molecular formula is C22H28N2O3. The van der Waals surface area contributed by atoms with E-state index in [1.54, 1.807) is 6.07 Å². The molecule has 0 aliphatic carbocycles. The number of hydrogen-bond donors (Lipinski definition) is 1. The minimum absolute atomic E-state index is 0.144. The first-order chi connectivity index (χ1) is 13.1. The summed E-state index contributed by atoms with van der Waals surface area (Å²) in [6.07, 6.45) is 0.144. The number of carbonyl (C=O) groups excluding carboxylic acids is 2. The molecule has 0 aliphatic heterocycles. The maximum absolute atomic E-state index is 12.1. The zero-order valence-electron chi connectivity index (χ0n) is 16.3. The highest BCUT2D eigenvalue weighted by molar-refractivity contribution is 5.95. The molecular weight excluding hydrogens is 340 g/mol. The third-order valence-electron chi connectivity index (χ3n) is 4.49. The van der Waals surface area contributed by atoms with Crippen LogP contribution in [0.4, 0.5) is 5.69 Å². The number of nitrogens with zero attached hydrogens (tertiary/aromatic N) is 1. The van der Waals surface area contributed by atoms with Gasteiger partial charge in [0.05, 0.1) is 6.42 Å². The number of hydrogen-bond acceptors (Lipinski definition) is 4. The molecule has 5 heteroatoms. The van der Waals surface area contributed by atoms with Gasteiger partial charge in [-0.3, -0.25) is 9.59 Å². The number of amides is 1. The van der Waals surface area contributed by atoms with Gasteiger partial charge in [-0.05, 0) is 38.5 Å². The molecule has 0 heterocycles. The van der Waals surface area contributed by atoms with Crippen LogP contribution in [0.25, 0.3) is 0 Å². The standard InChI is InChI=1S/C22H28N2O3/c1-4-24(5-2)20-13-9-7-11-18(20)16-27-21(25)14-15-23-22(26)19-12-8-6-10-17(19)3/h6-13H,4-5,14-16H2,1-3H3,(H,23,26). The van der Waals surface area contributed by atoms with Crippen molar-refractivity contribution >= 4 is 17.6 Å². The molecule has 1 N–H and O–H groups in total. The summed E-state index contributed by atoms with van der Waals surface area (Å²) in [5, 5.41) is 2.77. The summed E-state index contributed by atoms with van der Waals surface area (Å²) >= 11 is 0. The molecule has 0 fully saturated rings. The third-order valence-corrected chi connectivity index (χ3v) is 4.49. The summed E-state index contributed by atoms with van der Waals surface area (Å²) in [6, 6.07) is 15.3. The van der Waals surface area contributed by atoms with Crippen molar-refractivity contribution in [2.45, 2.75) is 33.8 Å². The summed E-state index contributed by atoms with van der Waals surface area (Å²) in [6.45, 7) is 8.36. The molecule has 0 saturated carbocycles. The quantitative estimate of drug-likeness (QED) is 0.686. The van der Waals surface area contributed by atoms with Crippen molar-refractivity contribution in [1.29, 1.82) is 0 Å². The highest BCUT2D eigenvalue weighted by atomic mass is 16.5. The number of aryl methyl sites for hydroxylation is 1. The lowest BCUT2D eigenvalue weighted by atomic mass is 10.1. The first-order valence-corrected chi connectivity index (χ1v) is 9.39. The van der Waals surface area contributed by atoms with E-state index >= 15 is 0 Å². The number of para-hydroxylation sites is 1. The van der Waals surface area contributed by atoms with E-state index in [-0.39, 0.29) is 31.4 Å². The first kappa shape index (κ1) is 20.5. The number of nitrogens with one attached hydrogen (secondary N) is 1. The molecule has 27 heavy (non-hydrogen) atoms. The van der Waals surface area contributed by atoms with E-state index in [1.807, 2.05) is 49.4 Å². The average molecular weight is 368 g/mol. The van der Waals surface area contributed by atoms with E-state index in [1.165, 1.54) is 0 Å². The number of carbonyl (C=O) groups is 2. The maximum atomic E-state index is 12.1. The Hall–Kier alpha value is -2.82. The highest BCUT2D eigenvalue weighted by Gasteiger charge is 2.12. The van der Waals surface area contributed by atoms with E-state index in [9.17, 15) is 9.59 Å². The average Bonchev–Trinajstić information content (AvgIpc) is 2.68. The normalized spacial score (nSPS) is 10.3. The molecule has 2 aromatic rings. The van der Waals surface area contributed by atoms with Crippen LogP contribution in [-0.4, -0.2) is 31.5 Å². The van der Waals surface area contributed by atoms with Gasteiger partial charge in [-0.25, -0.2) is 0 Å². The number of esters is 1. The second-order valence-electron chi connectivity index (χ2n) is 6.28. The summed E-state index contributed by atoms with van der Waals surface area (Å²) < 4.78 is 5.40. The summed E-state index contributed by atoms with van der Waals surface area (Å²) in [5.74, 6) is -0.498. The van der Waals surface area contributed by atoms with Crippen LogP contribution in [0, 0.1) is 6.92 Å². The van der Waals surface area contributed by atoms with Gasteiger partial charge in [0.15, 0.2) is 0 Å². The molecule has 0 aliphatic rings. The van der Waals surface area contributed by atoms with Gasteiger partial charge in [0.25, 0.3) is 5.91 Å². The van der Waals surface area contributed by atoms with Crippen LogP contribution < -0.4 is 10.2 Å². The lowest BCUT2D eigenvalue weighted by Crippen LogP contribution is -2.27. The second-order valence-corrected chi connectivity index (χ2v) is 6.28. The van der Waals surface area contributed by atoms with Crippen LogP contribution in [-0.2, 0) is 16.1 Å². The van der Waals surface area contributed by atoms with Gasteiger partial charge in [0, 0.05) is 36.4 Å². The van der Waals surface area contributed by atoms with Crippen molar-refractivity contribution in [3.63, 3.8) is 0 Å². The molecule has 0 bridgehead atoms. The molecule has 0 aromatic heterocycles. The Bertz CT molecular complexity index is 770. The van der Waals surface area contributed by atoms with Crippen molar-refractivity contribution in [1.82, 2.24) is 5.32 Å². The van der Waals surface area contributed by atoms with Gasteiger partial charge in [0.1, 0.15) is 6.61 Å². The predicted octanol–water partition coefficient (Wildman–Crippen LogP) is 3.70. The highest BCUT2D eigenvalue weighted by Crippen LogP contribution is 2.21. The molecule has 2 aromatic carbocycles. The van der Waals surface area contributed by atoms with Crippen molar-refractivity contribution in [2.24, 2.45) is 0 Å². The number of ether oxygens (including phenoxy) is 1. The Morgan fingerprint density at radius 2 is 1.67 bits per heavy atom. The van der Waals surface area contributed by atoms with Crippen LogP contribution in [0.2, 0.25) is 0 Å². The monoisotopic (exact) mass is 368 g/mol. The van der Waals surface area contributed by atoms with Crippen LogP contribution in [0.1, 0.15) is 41.8 Å². The Balaban J connectivity index is 1.82. The lowest BCUT2D eigenvalue weighted by molar-refractivity contribution is -0.144.